The van der Waals surface area contributed by atoms with Crippen molar-refractivity contribution in [3.8, 4) is 0 Å². The Bertz CT molecular complexity index is 698. The molecule has 0 aliphatic carbocycles. The van der Waals surface area contributed by atoms with Gasteiger partial charge in [0.1, 0.15) is 0 Å². The van der Waals surface area contributed by atoms with Crippen LogP contribution >= 0.6 is 0 Å². The fourth-order valence-electron chi connectivity index (χ4n) is 2.09. The molecule has 0 spiro atoms. The number of hydrogen-bond acceptors (Lipinski definition) is 1. The van der Waals surface area contributed by atoms with E-state index in [2.05, 4.69) is 23.7 Å². The fourth-order valence-corrected chi connectivity index (χ4v) is 2.09. The van der Waals surface area contributed by atoms with Gasteiger partial charge in [-0.25, -0.2) is 4.98 Å². The van der Waals surface area contributed by atoms with Gasteiger partial charge in [0.2, 0.25) is 0 Å². The maximum atomic E-state index is 4.66. The highest BCUT2D eigenvalue weighted by Crippen LogP contribution is 2.22. The van der Waals surface area contributed by atoms with Crippen LogP contribution in [-0.2, 0) is 6.42 Å². The lowest BCUT2D eigenvalue weighted by Gasteiger charge is -2.05. The van der Waals surface area contributed by atoms with E-state index in [-0.39, 0.29) is 0 Å². The molecule has 0 amide bonds. The predicted molar refractivity (Wildman–Crippen MR) is 72.0 cm³/mol. The molecule has 1 aromatic heterocycles. The lowest BCUT2D eigenvalue weighted by molar-refractivity contribution is 1.30. The van der Waals surface area contributed by atoms with Crippen molar-refractivity contribution >= 4 is 21.8 Å². The van der Waals surface area contributed by atoms with Crippen LogP contribution in [0.15, 0.2) is 55.1 Å². The molecule has 1 heteroatoms. The first kappa shape index (κ1) is 10.0. The van der Waals surface area contributed by atoms with Crippen LogP contribution in [-0.4, -0.2) is 4.98 Å². The minimum atomic E-state index is 0.855. The molecule has 1 nitrogen and oxygen atoms in total. The quantitative estimate of drug-likeness (QED) is 0.469. The molecule has 3 aromatic rings. The average molecular weight is 218 g/mol. The van der Waals surface area contributed by atoms with Gasteiger partial charge in [-0.15, -0.1) is 6.58 Å². The molecule has 3 rings (SSSR count). The van der Waals surface area contributed by atoms with Crippen LogP contribution in [0.5, 0.6) is 0 Å². The molecular weight excluding hydrogens is 206 g/mol. The summed E-state index contributed by atoms with van der Waals surface area (Å²) in [6.07, 6.45) is 2.77. The minimum Gasteiger partial charge on any atom is -0.248 e. The first-order chi connectivity index (χ1) is 8.38. The Balaban J connectivity index is 2.39. The Labute approximate surface area is 100 Å². The number of hydrogen-bond donors (Lipinski definition) is 0. The van der Waals surface area contributed by atoms with Crippen molar-refractivity contribution in [2.75, 3.05) is 0 Å². The van der Waals surface area contributed by atoms with E-state index < -0.39 is 0 Å². The Morgan fingerprint density at radius 1 is 1.06 bits per heavy atom. The Kier molecular flexibility index (Phi) is 2.37. The van der Waals surface area contributed by atoms with Crippen LogP contribution in [0.25, 0.3) is 21.8 Å². The Morgan fingerprint density at radius 3 is 2.76 bits per heavy atom. The summed E-state index contributed by atoms with van der Waals surface area (Å²) in [6, 6.07) is 17.7. The minimum absolute atomic E-state index is 0.855. The number of allylic oxidation sites excluding steroid dienone is 1. The van der Waals surface area contributed by atoms with Gasteiger partial charge in [-0.2, -0.15) is 0 Å². The molecule has 0 saturated heterocycles. The summed E-state index contributed by atoms with van der Waals surface area (Å²) in [6.45, 7) is 3.79. The number of rotatable bonds is 2. The van der Waals surface area contributed by atoms with Crippen molar-refractivity contribution < 1.29 is 0 Å². The van der Waals surface area contributed by atoms with Crippen LogP contribution in [0.4, 0.5) is 0 Å². The van der Waals surface area contributed by atoms with Crippen LogP contribution in [0.2, 0.25) is 0 Å². The molecule has 0 unspecified atom stereocenters. The molecule has 0 fully saturated rings. The SMILES string of the molecule is C=CCc1cccc2nc3ccccc3[c]c12. The highest BCUT2D eigenvalue weighted by atomic mass is 14.7. The van der Waals surface area contributed by atoms with Gasteiger partial charge in [0.15, 0.2) is 0 Å². The molecule has 0 N–H and O–H groups in total. The molecule has 2 aromatic carbocycles. The highest BCUT2D eigenvalue weighted by molar-refractivity contribution is 5.93. The van der Waals surface area contributed by atoms with Crippen molar-refractivity contribution in [1.82, 2.24) is 4.98 Å². The summed E-state index contributed by atoms with van der Waals surface area (Å²) in [5, 5.41) is 2.17. The molecule has 0 aliphatic heterocycles. The topological polar surface area (TPSA) is 12.9 Å². The number of pyridine rings is 1. The lowest BCUT2D eigenvalue weighted by atomic mass is 10.0. The number of benzene rings is 2. The molecule has 0 aliphatic rings. The van der Waals surface area contributed by atoms with Crippen LogP contribution < -0.4 is 0 Å². The summed E-state index contributed by atoms with van der Waals surface area (Å²) in [7, 11) is 0. The van der Waals surface area contributed by atoms with E-state index in [1.54, 1.807) is 0 Å². The fraction of sp³-hybridized carbons (Fsp3) is 0.0625. The zero-order chi connectivity index (χ0) is 11.7. The molecule has 1 radical (unpaired) electrons. The molecule has 0 atom stereocenters. The third kappa shape index (κ3) is 1.70. The third-order valence-corrected chi connectivity index (χ3v) is 2.90. The highest BCUT2D eigenvalue weighted by Gasteiger charge is 2.03. The third-order valence-electron chi connectivity index (χ3n) is 2.90. The smallest absolute Gasteiger partial charge is 0.0718 e. The van der Waals surface area contributed by atoms with Crippen LogP contribution in [0.1, 0.15) is 5.56 Å². The van der Waals surface area contributed by atoms with Gasteiger partial charge in [-0.05, 0) is 24.1 Å². The van der Waals surface area contributed by atoms with E-state index in [1.807, 2.05) is 42.5 Å². The first-order valence-electron chi connectivity index (χ1n) is 5.69. The molecule has 0 bridgehead atoms. The molecule has 81 valence electrons. The van der Waals surface area contributed by atoms with Crippen LogP contribution in [0.3, 0.4) is 0 Å². The molecule has 0 saturated carbocycles. The van der Waals surface area contributed by atoms with Gasteiger partial charge in [0, 0.05) is 16.8 Å². The van der Waals surface area contributed by atoms with Crippen molar-refractivity contribution in [2.24, 2.45) is 0 Å². The standard InChI is InChI=1S/C16H12N/c1-2-6-12-8-5-10-16-14(12)11-13-7-3-4-9-15(13)17-16/h2-5,7-10H,1,6H2. The zero-order valence-electron chi connectivity index (χ0n) is 9.48. The van der Waals surface area contributed by atoms with Gasteiger partial charge in [-0.1, -0.05) is 36.4 Å². The van der Waals surface area contributed by atoms with E-state index in [0.29, 0.717) is 0 Å². The van der Waals surface area contributed by atoms with E-state index in [0.717, 1.165) is 28.2 Å². The zero-order valence-corrected chi connectivity index (χ0v) is 9.48. The summed E-state index contributed by atoms with van der Waals surface area (Å²) < 4.78 is 0. The van der Waals surface area contributed by atoms with Crippen molar-refractivity contribution in [1.29, 1.82) is 0 Å². The predicted octanol–water partition coefficient (Wildman–Crippen LogP) is 3.92. The lowest BCUT2D eigenvalue weighted by Crippen LogP contribution is -1.88. The van der Waals surface area contributed by atoms with Crippen molar-refractivity contribution in [3.63, 3.8) is 0 Å². The molecule has 17 heavy (non-hydrogen) atoms. The van der Waals surface area contributed by atoms with Gasteiger partial charge in [0.25, 0.3) is 0 Å². The van der Waals surface area contributed by atoms with Gasteiger partial charge in [0.05, 0.1) is 11.0 Å². The van der Waals surface area contributed by atoms with Crippen molar-refractivity contribution in [3.05, 3.63) is 66.7 Å². The Hall–Kier alpha value is -2.15. The van der Waals surface area contributed by atoms with E-state index >= 15 is 0 Å². The van der Waals surface area contributed by atoms with Gasteiger partial charge >= 0.3 is 0 Å². The van der Waals surface area contributed by atoms with E-state index in [4.69, 9.17) is 0 Å². The summed E-state index contributed by atoms with van der Waals surface area (Å²) in [5.74, 6) is 0. The second-order valence-corrected chi connectivity index (χ2v) is 4.06. The van der Waals surface area contributed by atoms with E-state index in [9.17, 15) is 0 Å². The van der Waals surface area contributed by atoms with Crippen LogP contribution in [0, 0.1) is 6.07 Å². The maximum absolute atomic E-state index is 4.66. The van der Waals surface area contributed by atoms with Gasteiger partial charge in [-0.3, -0.25) is 0 Å². The van der Waals surface area contributed by atoms with Crippen molar-refractivity contribution in [2.45, 2.75) is 6.42 Å². The normalized spacial score (nSPS) is 10.8. The van der Waals surface area contributed by atoms with E-state index in [1.165, 1.54) is 5.56 Å². The maximum Gasteiger partial charge on any atom is 0.0718 e. The summed E-state index contributed by atoms with van der Waals surface area (Å²) in [4.78, 5) is 4.66. The summed E-state index contributed by atoms with van der Waals surface area (Å²) >= 11 is 0. The molecular formula is C16H12N. The largest absolute Gasteiger partial charge is 0.248 e. The summed E-state index contributed by atoms with van der Waals surface area (Å²) in [5.41, 5.74) is 3.23. The second-order valence-electron chi connectivity index (χ2n) is 4.06. The Morgan fingerprint density at radius 2 is 1.88 bits per heavy atom. The number of aromatic nitrogens is 1. The first-order valence-corrected chi connectivity index (χ1v) is 5.69. The second kappa shape index (κ2) is 4.02. The average Bonchev–Trinajstić information content (AvgIpc) is 2.37. The number of para-hydroxylation sites is 1. The van der Waals surface area contributed by atoms with Gasteiger partial charge < -0.3 is 0 Å². The molecule has 1 heterocycles. The number of nitrogens with zero attached hydrogens (tertiary/aromatic N) is 1. The number of fused-ring (bicyclic) bond motifs is 2. The monoisotopic (exact) mass is 218 g/mol.